The molecule has 1 atom stereocenters. The summed E-state index contributed by atoms with van der Waals surface area (Å²) >= 11 is 0. The highest BCUT2D eigenvalue weighted by molar-refractivity contribution is 6.62. The van der Waals surface area contributed by atoms with Gasteiger partial charge in [-0.3, -0.25) is 0 Å². The van der Waals surface area contributed by atoms with E-state index in [0.717, 1.165) is 12.8 Å². The SMILES string of the molecule is CCO[Si](OCC)(OCC)C(CC)Cc1ccccc1. The van der Waals surface area contributed by atoms with Crippen molar-refractivity contribution < 1.29 is 13.3 Å². The highest BCUT2D eigenvalue weighted by atomic mass is 28.4. The fraction of sp³-hybridized carbons (Fsp3) is 0.625. The first-order valence-electron chi connectivity index (χ1n) is 7.68. The Hall–Kier alpha value is -0.683. The van der Waals surface area contributed by atoms with Gasteiger partial charge in [-0.05, 0) is 39.2 Å². The second kappa shape index (κ2) is 9.29. The van der Waals surface area contributed by atoms with E-state index in [-0.39, 0.29) is 0 Å². The van der Waals surface area contributed by atoms with Crippen molar-refractivity contribution in [1.82, 2.24) is 0 Å². The second-order valence-corrected chi connectivity index (χ2v) is 7.59. The highest BCUT2D eigenvalue weighted by Crippen LogP contribution is 2.32. The molecule has 0 saturated heterocycles. The van der Waals surface area contributed by atoms with E-state index < -0.39 is 8.80 Å². The fourth-order valence-corrected chi connectivity index (χ4v) is 5.65. The van der Waals surface area contributed by atoms with E-state index >= 15 is 0 Å². The van der Waals surface area contributed by atoms with E-state index in [1.807, 2.05) is 26.8 Å². The topological polar surface area (TPSA) is 27.7 Å². The lowest BCUT2D eigenvalue weighted by Gasteiger charge is -2.35. The maximum Gasteiger partial charge on any atom is 0.504 e. The zero-order valence-corrected chi connectivity index (χ0v) is 14.2. The molecule has 3 nitrogen and oxygen atoms in total. The van der Waals surface area contributed by atoms with Gasteiger partial charge in [0.05, 0.1) is 0 Å². The third kappa shape index (κ3) is 4.70. The van der Waals surface area contributed by atoms with Gasteiger partial charge in [-0.15, -0.1) is 0 Å². The molecule has 0 aliphatic rings. The van der Waals surface area contributed by atoms with E-state index in [4.69, 9.17) is 13.3 Å². The number of benzene rings is 1. The fourth-order valence-electron chi connectivity index (χ4n) is 2.50. The van der Waals surface area contributed by atoms with E-state index in [2.05, 4.69) is 31.2 Å². The zero-order valence-electron chi connectivity index (χ0n) is 13.2. The van der Waals surface area contributed by atoms with Crippen LogP contribution in [0, 0.1) is 0 Å². The monoisotopic (exact) mass is 296 g/mol. The van der Waals surface area contributed by atoms with Crippen molar-refractivity contribution in [3.8, 4) is 0 Å². The molecule has 0 heterocycles. The molecular formula is C16H28O3Si. The summed E-state index contributed by atoms with van der Waals surface area (Å²) in [5, 5.41) is 0. The lowest BCUT2D eigenvalue weighted by Crippen LogP contribution is -2.51. The van der Waals surface area contributed by atoms with Gasteiger partial charge in [0, 0.05) is 25.4 Å². The van der Waals surface area contributed by atoms with Gasteiger partial charge < -0.3 is 13.3 Å². The number of rotatable bonds is 10. The minimum atomic E-state index is -2.61. The Morgan fingerprint density at radius 3 is 1.75 bits per heavy atom. The van der Waals surface area contributed by atoms with E-state index in [1.165, 1.54) is 5.56 Å². The highest BCUT2D eigenvalue weighted by Gasteiger charge is 2.48. The molecule has 0 radical (unpaired) electrons. The standard InChI is InChI=1S/C16H28O3Si/c1-5-16(14-15-12-10-9-11-13-15)20(17-6-2,18-7-3)19-8-4/h9-13,16H,5-8,14H2,1-4H3. The van der Waals surface area contributed by atoms with Crippen LogP contribution in [0.2, 0.25) is 5.54 Å². The quantitative estimate of drug-likeness (QED) is 0.609. The molecule has 0 N–H and O–H groups in total. The predicted octanol–water partition coefficient (Wildman–Crippen LogP) is 4.06. The molecule has 114 valence electrons. The van der Waals surface area contributed by atoms with E-state index in [1.54, 1.807) is 0 Å². The molecule has 0 amide bonds. The maximum absolute atomic E-state index is 6.03. The van der Waals surface area contributed by atoms with Crippen LogP contribution in [0.3, 0.4) is 0 Å². The zero-order chi connectivity index (χ0) is 14.8. The van der Waals surface area contributed by atoms with Crippen LogP contribution in [0.4, 0.5) is 0 Å². The summed E-state index contributed by atoms with van der Waals surface area (Å²) < 4.78 is 18.1. The maximum atomic E-state index is 6.03. The van der Waals surface area contributed by atoms with Crippen molar-refractivity contribution >= 4 is 8.80 Å². The summed E-state index contributed by atoms with van der Waals surface area (Å²) in [5.41, 5.74) is 1.63. The molecule has 1 aromatic rings. The summed E-state index contributed by atoms with van der Waals surface area (Å²) in [7, 11) is -2.61. The van der Waals surface area contributed by atoms with Gasteiger partial charge >= 0.3 is 8.80 Å². The van der Waals surface area contributed by atoms with Crippen LogP contribution >= 0.6 is 0 Å². The molecule has 0 aromatic heterocycles. The summed E-state index contributed by atoms with van der Waals surface area (Å²) in [6.07, 6.45) is 1.95. The molecule has 0 saturated carbocycles. The molecule has 0 aliphatic heterocycles. The van der Waals surface area contributed by atoms with Crippen molar-refractivity contribution in [3.63, 3.8) is 0 Å². The van der Waals surface area contributed by atoms with Gasteiger partial charge in [0.15, 0.2) is 0 Å². The van der Waals surface area contributed by atoms with Crippen molar-refractivity contribution in [1.29, 1.82) is 0 Å². The Kier molecular flexibility index (Phi) is 8.07. The summed E-state index contributed by atoms with van der Waals surface area (Å²) in [4.78, 5) is 0. The summed E-state index contributed by atoms with van der Waals surface area (Å²) in [5.74, 6) is 0. The molecule has 0 spiro atoms. The molecule has 0 fully saturated rings. The van der Waals surface area contributed by atoms with Crippen LogP contribution < -0.4 is 0 Å². The Labute approximate surface area is 124 Å². The van der Waals surface area contributed by atoms with Crippen molar-refractivity contribution in [2.75, 3.05) is 19.8 Å². The molecule has 0 bridgehead atoms. The number of hydrogen-bond acceptors (Lipinski definition) is 3. The van der Waals surface area contributed by atoms with Crippen molar-refractivity contribution in [2.45, 2.75) is 46.1 Å². The third-order valence-electron chi connectivity index (χ3n) is 3.35. The van der Waals surface area contributed by atoms with Crippen LogP contribution in [-0.4, -0.2) is 28.6 Å². The van der Waals surface area contributed by atoms with Gasteiger partial charge in [0.2, 0.25) is 0 Å². The van der Waals surface area contributed by atoms with Gasteiger partial charge in [-0.25, -0.2) is 0 Å². The van der Waals surface area contributed by atoms with Gasteiger partial charge in [0.1, 0.15) is 0 Å². The van der Waals surface area contributed by atoms with Crippen LogP contribution in [-0.2, 0) is 19.7 Å². The second-order valence-electron chi connectivity index (χ2n) is 4.70. The molecule has 4 heteroatoms. The molecule has 0 aliphatic carbocycles. The molecule has 20 heavy (non-hydrogen) atoms. The average Bonchev–Trinajstić information content (AvgIpc) is 2.46. The molecular weight excluding hydrogens is 268 g/mol. The first-order chi connectivity index (χ1) is 9.72. The summed E-state index contributed by atoms with van der Waals surface area (Å²) in [6, 6.07) is 10.5. The van der Waals surface area contributed by atoms with E-state index in [9.17, 15) is 0 Å². The lowest BCUT2D eigenvalue weighted by molar-refractivity contribution is 0.0601. The van der Waals surface area contributed by atoms with Gasteiger partial charge in [-0.1, -0.05) is 37.3 Å². The Morgan fingerprint density at radius 1 is 0.850 bits per heavy atom. The molecule has 1 unspecified atom stereocenters. The molecule has 1 aromatic carbocycles. The van der Waals surface area contributed by atoms with Crippen molar-refractivity contribution in [3.05, 3.63) is 35.9 Å². The Morgan fingerprint density at radius 2 is 1.35 bits per heavy atom. The van der Waals surface area contributed by atoms with Crippen LogP contribution in [0.1, 0.15) is 39.7 Å². The smallest absolute Gasteiger partial charge is 0.374 e. The first kappa shape index (κ1) is 17.4. The van der Waals surface area contributed by atoms with Gasteiger partial charge in [0.25, 0.3) is 0 Å². The van der Waals surface area contributed by atoms with Gasteiger partial charge in [-0.2, -0.15) is 0 Å². The Balaban J connectivity index is 2.93. The predicted molar refractivity (Wildman–Crippen MR) is 84.8 cm³/mol. The minimum Gasteiger partial charge on any atom is -0.374 e. The van der Waals surface area contributed by atoms with Crippen LogP contribution in [0.25, 0.3) is 0 Å². The average molecular weight is 296 g/mol. The molecule has 1 rings (SSSR count). The largest absolute Gasteiger partial charge is 0.504 e. The van der Waals surface area contributed by atoms with Crippen molar-refractivity contribution in [2.24, 2.45) is 0 Å². The Bertz CT molecular complexity index is 339. The summed E-state index contributed by atoms with van der Waals surface area (Å²) in [6.45, 7) is 10.1. The number of hydrogen-bond donors (Lipinski definition) is 0. The third-order valence-corrected chi connectivity index (χ3v) is 7.04. The normalized spacial score (nSPS) is 13.4. The first-order valence-corrected chi connectivity index (χ1v) is 9.48. The van der Waals surface area contributed by atoms with E-state index in [0.29, 0.717) is 25.4 Å². The van der Waals surface area contributed by atoms with Crippen LogP contribution in [0.15, 0.2) is 30.3 Å². The van der Waals surface area contributed by atoms with Crippen LogP contribution in [0.5, 0.6) is 0 Å². The lowest BCUT2D eigenvalue weighted by atomic mass is 10.1. The minimum absolute atomic E-state index is 0.310.